The maximum atomic E-state index is 12.4. The lowest BCUT2D eigenvalue weighted by Gasteiger charge is -2.09. The van der Waals surface area contributed by atoms with Crippen LogP contribution in [0.1, 0.15) is 15.9 Å². The minimum absolute atomic E-state index is 0.243. The molecule has 0 aliphatic carbocycles. The van der Waals surface area contributed by atoms with Crippen LogP contribution in [0.2, 0.25) is 0 Å². The van der Waals surface area contributed by atoms with Gasteiger partial charge >= 0.3 is 12.0 Å². The summed E-state index contributed by atoms with van der Waals surface area (Å²) in [7, 11) is 0. The molecule has 1 aromatic heterocycles. The van der Waals surface area contributed by atoms with E-state index >= 15 is 0 Å². The van der Waals surface area contributed by atoms with E-state index in [1.165, 1.54) is 11.8 Å². The molecule has 3 amide bonds. The number of carbonyl (C=O) groups is 3. The van der Waals surface area contributed by atoms with Gasteiger partial charge in [0.1, 0.15) is 5.03 Å². The van der Waals surface area contributed by atoms with Crippen molar-refractivity contribution in [3.05, 3.63) is 90.1 Å². The minimum atomic E-state index is -0.727. The van der Waals surface area contributed by atoms with Crippen LogP contribution in [0.25, 0.3) is 0 Å². The number of urea groups is 1. The van der Waals surface area contributed by atoms with Crippen molar-refractivity contribution in [2.75, 3.05) is 6.61 Å². The van der Waals surface area contributed by atoms with Crippen molar-refractivity contribution < 1.29 is 19.1 Å². The highest BCUT2D eigenvalue weighted by molar-refractivity contribution is 7.99. The molecule has 3 aromatic rings. The normalized spacial score (nSPS) is 10.1. The van der Waals surface area contributed by atoms with Gasteiger partial charge in [0, 0.05) is 17.6 Å². The predicted molar refractivity (Wildman–Crippen MR) is 112 cm³/mol. The fourth-order valence-electron chi connectivity index (χ4n) is 2.42. The molecular formula is C22H19N3O4S. The van der Waals surface area contributed by atoms with E-state index in [4.69, 9.17) is 4.74 Å². The van der Waals surface area contributed by atoms with E-state index in [1.54, 1.807) is 18.3 Å². The molecule has 8 heteroatoms. The highest BCUT2D eigenvalue weighted by Crippen LogP contribution is 2.28. The van der Waals surface area contributed by atoms with E-state index in [2.05, 4.69) is 15.6 Å². The molecule has 0 saturated carbocycles. The number of pyridine rings is 1. The summed E-state index contributed by atoms with van der Waals surface area (Å²) in [5.41, 5.74) is 1.14. The second-order valence-corrected chi connectivity index (χ2v) is 7.13. The third kappa shape index (κ3) is 6.46. The quantitative estimate of drug-likeness (QED) is 0.568. The molecule has 0 atom stereocenters. The number of benzene rings is 2. The van der Waals surface area contributed by atoms with E-state index in [1.807, 2.05) is 60.7 Å². The molecule has 152 valence electrons. The van der Waals surface area contributed by atoms with Gasteiger partial charge in [-0.05, 0) is 29.8 Å². The minimum Gasteiger partial charge on any atom is -0.452 e. The molecule has 7 nitrogen and oxygen atoms in total. The van der Waals surface area contributed by atoms with Gasteiger partial charge in [-0.1, -0.05) is 60.3 Å². The van der Waals surface area contributed by atoms with Crippen molar-refractivity contribution in [3.8, 4) is 0 Å². The summed E-state index contributed by atoms with van der Waals surface area (Å²) in [6, 6.07) is 21.3. The second kappa shape index (κ2) is 10.8. The Morgan fingerprint density at radius 3 is 2.33 bits per heavy atom. The number of imide groups is 1. The van der Waals surface area contributed by atoms with Crippen LogP contribution in [-0.2, 0) is 16.1 Å². The molecular weight excluding hydrogens is 402 g/mol. The SMILES string of the molecule is O=C(COC(=O)c1cccnc1Sc1ccccc1)NC(=O)NCc1ccccc1. The Labute approximate surface area is 177 Å². The van der Waals surface area contributed by atoms with Gasteiger partial charge in [0.15, 0.2) is 6.61 Å². The Morgan fingerprint density at radius 1 is 0.900 bits per heavy atom. The van der Waals surface area contributed by atoms with Crippen LogP contribution in [0.4, 0.5) is 4.79 Å². The van der Waals surface area contributed by atoms with Gasteiger partial charge < -0.3 is 10.1 Å². The predicted octanol–water partition coefficient (Wildman–Crippen LogP) is 3.42. The van der Waals surface area contributed by atoms with Crippen LogP contribution in [0, 0.1) is 0 Å². The van der Waals surface area contributed by atoms with Gasteiger partial charge in [0.25, 0.3) is 5.91 Å². The molecule has 30 heavy (non-hydrogen) atoms. The third-order valence-corrected chi connectivity index (χ3v) is 4.86. The third-order valence-electron chi connectivity index (χ3n) is 3.83. The van der Waals surface area contributed by atoms with Crippen molar-refractivity contribution in [2.24, 2.45) is 0 Å². The summed E-state index contributed by atoms with van der Waals surface area (Å²) in [4.78, 5) is 41.2. The first-order valence-corrected chi connectivity index (χ1v) is 9.90. The number of amides is 3. The second-order valence-electron chi connectivity index (χ2n) is 6.06. The molecule has 0 radical (unpaired) electrons. The lowest BCUT2D eigenvalue weighted by Crippen LogP contribution is -2.41. The topological polar surface area (TPSA) is 97.4 Å². The molecule has 0 bridgehead atoms. The van der Waals surface area contributed by atoms with Gasteiger partial charge in [-0.15, -0.1) is 0 Å². The monoisotopic (exact) mass is 421 g/mol. The van der Waals surface area contributed by atoms with Crippen LogP contribution in [-0.4, -0.2) is 29.5 Å². The number of ether oxygens (including phenoxy) is 1. The smallest absolute Gasteiger partial charge is 0.341 e. The van der Waals surface area contributed by atoms with Crippen LogP contribution >= 0.6 is 11.8 Å². The van der Waals surface area contributed by atoms with Crippen LogP contribution in [0.15, 0.2) is 88.9 Å². The zero-order chi connectivity index (χ0) is 21.2. The summed E-state index contributed by atoms with van der Waals surface area (Å²) in [5.74, 6) is -1.42. The molecule has 0 saturated heterocycles. The lowest BCUT2D eigenvalue weighted by molar-refractivity contribution is -0.123. The van der Waals surface area contributed by atoms with Crippen molar-refractivity contribution in [1.29, 1.82) is 0 Å². The summed E-state index contributed by atoms with van der Waals surface area (Å²) < 4.78 is 5.05. The maximum absolute atomic E-state index is 12.4. The number of hydrogen-bond acceptors (Lipinski definition) is 6. The Bertz CT molecular complexity index is 1010. The zero-order valence-electron chi connectivity index (χ0n) is 15.9. The number of carbonyl (C=O) groups excluding carboxylic acids is 3. The highest BCUT2D eigenvalue weighted by atomic mass is 32.2. The van der Waals surface area contributed by atoms with Crippen molar-refractivity contribution >= 4 is 29.7 Å². The largest absolute Gasteiger partial charge is 0.452 e. The van der Waals surface area contributed by atoms with Gasteiger partial charge in [-0.25, -0.2) is 14.6 Å². The average molecular weight is 421 g/mol. The number of hydrogen-bond donors (Lipinski definition) is 2. The first-order chi connectivity index (χ1) is 14.6. The summed E-state index contributed by atoms with van der Waals surface area (Å²) in [6.07, 6.45) is 1.58. The molecule has 0 unspecified atom stereocenters. The van der Waals surface area contributed by atoms with Gasteiger partial charge in [0.2, 0.25) is 0 Å². The molecule has 3 rings (SSSR count). The Morgan fingerprint density at radius 2 is 1.60 bits per heavy atom. The van der Waals surface area contributed by atoms with E-state index < -0.39 is 24.5 Å². The molecule has 0 spiro atoms. The Balaban J connectivity index is 1.49. The van der Waals surface area contributed by atoms with E-state index in [0.29, 0.717) is 5.03 Å². The fraction of sp³-hybridized carbons (Fsp3) is 0.0909. The number of nitrogens with one attached hydrogen (secondary N) is 2. The van der Waals surface area contributed by atoms with Crippen molar-refractivity contribution in [3.63, 3.8) is 0 Å². The number of aromatic nitrogens is 1. The zero-order valence-corrected chi connectivity index (χ0v) is 16.7. The maximum Gasteiger partial charge on any atom is 0.341 e. The Hall–Kier alpha value is -3.65. The molecule has 0 fully saturated rings. The van der Waals surface area contributed by atoms with Crippen molar-refractivity contribution in [2.45, 2.75) is 16.5 Å². The summed E-state index contributed by atoms with van der Waals surface area (Å²) in [6.45, 7) is -0.308. The fourth-order valence-corrected chi connectivity index (χ4v) is 3.31. The van der Waals surface area contributed by atoms with Crippen LogP contribution in [0.5, 0.6) is 0 Å². The first-order valence-electron chi connectivity index (χ1n) is 9.08. The number of nitrogens with zero attached hydrogens (tertiary/aromatic N) is 1. The van der Waals surface area contributed by atoms with Gasteiger partial charge in [-0.3, -0.25) is 10.1 Å². The summed E-state index contributed by atoms with van der Waals surface area (Å²) >= 11 is 1.32. The van der Waals surface area contributed by atoms with Gasteiger partial charge in [-0.2, -0.15) is 0 Å². The van der Waals surface area contributed by atoms with Crippen LogP contribution in [0.3, 0.4) is 0 Å². The number of esters is 1. The van der Waals surface area contributed by atoms with Crippen molar-refractivity contribution in [1.82, 2.24) is 15.6 Å². The lowest BCUT2D eigenvalue weighted by atomic mass is 10.2. The number of rotatable bonds is 7. The molecule has 0 aliphatic rings. The highest BCUT2D eigenvalue weighted by Gasteiger charge is 2.17. The van der Waals surface area contributed by atoms with E-state index in [-0.39, 0.29) is 12.1 Å². The van der Waals surface area contributed by atoms with E-state index in [0.717, 1.165) is 10.5 Å². The van der Waals surface area contributed by atoms with Crippen LogP contribution < -0.4 is 10.6 Å². The molecule has 2 N–H and O–H groups in total. The van der Waals surface area contributed by atoms with E-state index in [9.17, 15) is 14.4 Å². The Kier molecular flexibility index (Phi) is 7.57. The summed E-state index contributed by atoms with van der Waals surface area (Å²) in [5, 5.41) is 5.15. The standard InChI is InChI=1S/C22H19N3O4S/c26-19(25-22(28)24-14-16-8-3-1-4-9-16)15-29-21(27)18-12-7-13-23-20(18)30-17-10-5-2-6-11-17/h1-13H,14-15H2,(H2,24,25,26,28). The molecule has 2 aromatic carbocycles. The van der Waals surface area contributed by atoms with Gasteiger partial charge in [0.05, 0.1) is 5.56 Å². The first kappa shape index (κ1) is 21.1. The molecule has 0 aliphatic heterocycles. The average Bonchev–Trinajstić information content (AvgIpc) is 2.78. The molecule has 1 heterocycles.